The van der Waals surface area contributed by atoms with Crippen LogP contribution in [0.2, 0.25) is 0 Å². The highest BCUT2D eigenvalue weighted by Crippen LogP contribution is 2.18. The molecule has 4 nitrogen and oxygen atoms in total. The molecule has 1 amide bonds. The Hall–Kier alpha value is -2.56. The van der Waals surface area contributed by atoms with Crippen LogP contribution in [0.25, 0.3) is 0 Å². The largest absolute Gasteiger partial charge is 0.494 e. The first-order chi connectivity index (χ1) is 11.1. The molecule has 0 unspecified atom stereocenters. The van der Waals surface area contributed by atoms with E-state index in [0.717, 1.165) is 12.2 Å². The average Bonchev–Trinajstić information content (AvgIpc) is 2.54. The van der Waals surface area contributed by atoms with Gasteiger partial charge in [-0.05, 0) is 61.4 Å². The highest BCUT2D eigenvalue weighted by molar-refractivity contribution is 5.92. The molecule has 5 heteroatoms. The van der Waals surface area contributed by atoms with E-state index in [0.29, 0.717) is 23.6 Å². The van der Waals surface area contributed by atoms with Gasteiger partial charge in [0.15, 0.2) is 6.61 Å². The summed E-state index contributed by atoms with van der Waals surface area (Å²) in [7, 11) is 0. The molecule has 2 aromatic carbocycles. The van der Waals surface area contributed by atoms with E-state index in [1.54, 1.807) is 31.2 Å². The van der Waals surface area contributed by atoms with Crippen molar-refractivity contribution in [3.63, 3.8) is 0 Å². The maximum absolute atomic E-state index is 13.0. The third kappa shape index (κ3) is 5.29. The van der Waals surface area contributed by atoms with Gasteiger partial charge in [-0.2, -0.15) is 0 Å². The van der Waals surface area contributed by atoms with Crippen molar-refractivity contribution >= 4 is 11.6 Å². The Morgan fingerprint density at radius 1 is 1.09 bits per heavy atom. The molecular weight excluding hydrogens is 297 g/mol. The van der Waals surface area contributed by atoms with Crippen molar-refractivity contribution < 1.29 is 18.7 Å². The van der Waals surface area contributed by atoms with Gasteiger partial charge in [0.1, 0.15) is 17.3 Å². The SMILES string of the molecule is CCCOc1ccc(OCC(=O)Nc2ccc(F)cc2C)cc1. The van der Waals surface area contributed by atoms with Gasteiger partial charge in [-0.15, -0.1) is 0 Å². The molecule has 23 heavy (non-hydrogen) atoms. The van der Waals surface area contributed by atoms with Crippen LogP contribution in [0.4, 0.5) is 10.1 Å². The molecule has 0 aliphatic rings. The second-order valence-corrected chi connectivity index (χ2v) is 5.12. The van der Waals surface area contributed by atoms with Crippen LogP contribution in [-0.2, 0) is 4.79 Å². The minimum atomic E-state index is -0.331. The summed E-state index contributed by atoms with van der Waals surface area (Å²) in [6.45, 7) is 4.32. The summed E-state index contributed by atoms with van der Waals surface area (Å²) in [5.41, 5.74) is 1.24. The molecule has 0 fully saturated rings. The first kappa shape index (κ1) is 16.8. The van der Waals surface area contributed by atoms with Crippen LogP contribution in [0, 0.1) is 12.7 Å². The quantitative estimate of drug-likeness (QED) is 0.841. The third-order valence-corrected chi connectivity index (χ3v) is 3.13. The normalized spacial score (nSPS) is 10.2. The first-order valence-electron chi connectivity index (χ1n) is 7.50. The van der Waals surface area contributed by atoms with Crippen molar-refractivity contribution in [3.8, 4) is 11.5 Å². The minimum absolute atomic E-state index is 0.119. The van der Waals surface area contributed by atoms with Gasteiger partial charge >= 0.3 is 0 Å². The number of carbonyl (C=O) groups excluding carboxylic acids is 1. The molecule has 122 valence electrons. The standard InChI is InChI=1S/C18H20FNO3/c1-3-10-22-15-5-7-16(8-6-15)23-12-18(21)20-17-9-4-14(19)11-13(17)2/h4-9,11H,3,10,12H2,1-2H3,(H,20,21). The van der Waals surface area contributed by atoms with Crippen LogP contribution in [0.1, 0.15) is 18.9 Å². The molecular formula is C18H20FNO3. The number of ether oxygens (including phenoxy) is 2. The van der Waals surface area contributed by atoms with Crippen molar-refractivity contribution in [1.82, 2.24) is 0 Å². The van der Waals surface area contributed by atoms with E-state index in [1.165, 1.54) is 18.2 Å². The molecule has 0 atom stereocenters. The Morgan fingerprint density at radius 2 is 1.74 bits per heavy atom. The number of rotatable bonds is 7. The maximum atomic E-state index is 13.0. The van der Waals surface area contributed by atoms with E-state index in [4.69, 9.17) is 9.47 Å². The molecule has 0 radical (unpaired) electrons. The zero-order chi connectivity index (χ0) is 16.7. The number of benzene rings is 2. The maximum Gasteiger partial charge on any atom is 0.262 e. The van der Waals surface area contributed by atoms with Crippen LogP contribution < -0.4 is 14.8 Å². The van der Waals surface area contributed by atoms with Crippen LogP contribution in [0.3, 0.4) is 0 Å². The van der Waals surface area contributed by atoms with Gasteiger partial charge in [0.2, 0.25) is 0 Å². The molecule has 2 rings (SSSR count). The monoisotopic (exact) mass is 317 g/mol. The fraction of sp³-hybridized carbons (Fsp3) is 0.278. The van der Waals surface area contributed by atoms with E-state index in [9.17, 15) is 9.18 Å². The summed E-state index contributed by atoms with van der Waals surface area (Å²) in [4.78, 5) is 11.9. The second kappa shape index (κ2) is 8.17. The molecule has 0 aliphatic carbocycles. The van der Waals surface area contributed by atoms with Crippen LogP contribution in [0.15, 0.2) is 42.5 Å². The topological polar surface area (TPSA) is 47.6 Å². The number of halogens is 1. The number of nitrogens with one attached hydrogen (secondary N) is 1. The summed E-state index contributed by atoms with van der Waals surface area (Å²) in [5.74, 6) is 0.721. The number of aryl methyl sites for hydroxylation is 1. The van der Waals surface area contributed by atoms with Gasteiger partial charge in [-0.25, -0.2) is 4.39 Å². The summed E-state index contributed by atoms with van der Waals surface area (Å²) in [6, 6.07) is 11.3. The lowest BCUT2D eigenvalue weighted by molar-refractivity contribution is -0.118. The van der Waals surface area contributed by atoms with E-state index in [2.05, 4.69) is 5.32 Å². The van der Waals surface area contributed by atoms with Gasteiger partial charge in [-0.3, -0.25) is 4.79 Å². The summed E-state index contributed by atoms with van der Waals surface area (Å²) in [6.07, 6.45) is 0.946. The van der Waals surface area contributed by atoms with Gasteiger partial charge in [-0.1, -0.05) is 6.92 Å². The molecule has 2 aromatic rings. The van der Waals surface area contributed by atoms with E-state index in [1.807, 2.05) is 6.92 Å². The smallest absolute Gasteiger partial charge is 0.262 e. The Morgan fingerprint density at radius 3 is 2.35 bits per heavy atom. The fourth-order valence-electron chi connectivity index (χ4n) is 1.95. The van der Waals surface area contributed by atoms with Crippen molar-refractivity contribution in [1.29, 1.82) is 0 Å². The van der Waals surface area contributed by atoms with Crippen LogP contribution in [-0.4, -0.2) is 19.1 Å². The highest BCUT2D eigenvalue weighted by atomic mass is 19.1. The lowest BCUT2D eigenvalue weighted by Crippen LogP contribution is -2.20. The number of amides is 1. The highest BCUT2D eigenvalue weighted by Gasteiger charge is 2.07. The number of hydrogen-bond donors (Lipinski definition) is 1. The molecule has 0 bridgehead atoms. The Labute approximate surface area is 135 Å². The predicted molar refractivity (Wildman–Crippen MR) is 87.5 cm³/mol. The molecule has 0 saturated heterocycles. The Bertz CT molecular complexity index is 656. The van der Waals surface area contributed by atoms with Crippen LogP contribution in [0.5, 0.6) is 11.5 Å². The van der Waals surface area contributed by atoms with Crippen molar-refractivity contribution in [3.05, 3.63) is 53.8 Å². The molecule has 0 aromatic heterocycles. The van der Waals surface area contributed by atoms with Gasteiger partial charge in [0.05, 0.1) is 6.61 Å². The van der Waals surface area contributed by atoms with Gasteiger partial charge < -0.3 is 14.8 Å². The van der Waals surface area contributed by atoms with E-state index >= 15 is 0 Å². The summed E-state index contributed by atoms with van der Waals surface area (Å²) >= 11 is 0. The predicted octanol–water partition coefficient (Wildman–Crippen LogP) is 3.94. The number of hydrogen-bond acceptors (Lipinski definition) is 3. The van der Waals surface area contributed by atoms with E-state index < -0.39 is 0 Å². The average molecular weight is 317 g/mol. The van der Waals surface area contributed by atoms with Crippen molar-refractivity contribution in [2.45, 2.75) is 20.3 Å². The first-order valence-corrected chi connectivity index (χ1v) is 7.50. The van der Waals surface area contributed by atoms with Gasteiger partial charge in [0, 0.05) is 5.69 Å². The Kier molecular flexibility index (Phi) is 5.97. The summed E-state index contributed by atoms with van der Waals surface area (Å²) < 4.78 is 23.9. The molecule has 1 N–H and O–H groups in total. The van der Waals surface area contributed by atoms with E-state index in [-0.39, 0.29) is 18.3 Å². The van der Waals surface area contributed by atoms with Crippen LogP contribution >= 0.6 is 0 Å². The van der Waals surface area contributed by atoms with Crippen molar-refractivity contribution in [2.75, 3.05) is 18.5 Å². The molecule has 0 heterocycles. The lowest BCUT2D eigenvalue weighted by Gasteiger charge is -2.10. The molecule has 0 aliphatic heterocycles. The molecule has 0 spiro atoms. The van der Waals surface area contributed by atoms with Gasteiger partial charge in [0.25, 0.3) is 5.91 Å². The van der Waals surface area contributed by atoms with Crippen molar-refractivity contribution in [2.24, 2.45) is 0 Å². The third-order valence-electron chi connectivity index (χ3n) is 3.13. The fourth-order valence-corrected chi connectivity index (χ4v) is 1.95. The Balaban J connectivity index is 1.84. The molecule has 0 saturated carbocycles. The minimum Gasteiger partial charge on any atom is -0.494 e. The lowest BCUT2D eigenvalue weighted by atomic mass is 10.2. The second-order valence-electron chi connectivity index (χ2n) is 5.12. The summed E-state index contributed by atoms with van der Waals surface area (Å²) in [5, 5.41) is 2.69. The number of anilines is 1. The zero-order valence-electron chi connectivity index (χ0n) is 13.3. The number of carbonyl (C=O) groups is 1. The zero-order valence-corrected chi connectivity index (χ0v) is 13.3.